The molecule has 3 nitrogen and oxygen atoms in total. The van der Waals surface area contributed by atoms with E-state index in [0.29, 0.717) is 23.6 Å². The zero-order chi connectivity index (χ0) is 15.1. The van der Waals surface area contributed by atoms with Crippen LogP contribution >= 0.6 is 23.8 Å². The molecule has 0 aliphatic carbocycles. The first kappa shape index (κ1) is 15.5. The normalized spacial score (nSPS) is 9.95. The number of nitrogens with one attached hydrogen (secondary N) is 2. The maximum atomic E-state index is 11.8. The third-order valence-corrected chi connectivity index (χ3v) is 3.39. The Morgan fingerprint density at radius 3 is 2.43 bits per heavy atom. The molecule has 0 unspecified atom stereocenters. The number of thiocarbonyl (C=S) groups is 1. The quantitative estimate of drug-likeness (QED) is 0.843. The molecule has 0 bridgehead atoms. The third-order valence-electron chi connectivity index (χ3n) is 2.86. The van der Waals surface area contributed by atoms with Crippen molar-refractivity contribution in [3.05, 3.63) is 65.2 Å². The fourth-order valence-electron chi connectivity index (χ4n) is 1.81. The lowest BCUT2D eigenvalue weighted by Gasteiger charge is -2.10. The van der Waals surface area contributed by atoms with Gasteiger partial charge in [0.05, 0.1) is 10.7 Å². The molecule has 1 amide bonds. The summed E-state index contributed by atoms with van der Waals surface area (Å²) < 4.78 is 0. The smallest absolute Gasteiger partial charge is 0.226 e. The van der Waals surface area contributed by atoms with Crippen LogP contribution < -0.4 is 10.6 Å². The fourth-order valence-corrected chi connectivity index (χ4v) is 2.21. The lowest BCUT2D eigenvalue weighted by molar-refractivity contribution is -0.119. The van der Waals surface area contributed by atoms with E-state index < -0.39 is 0 Å². The van der Waals surface area contributed by atoms with Gasteiger partial charge in [0, 0.05) is 6.42 Å². The van der Waals surface area contributed by atoms with E-state index >= 15 is 0 Å². The minimum Gasteiger partial charge on any atom is -0.331 e. The Morgan fingerprint density at radius 2 is 1.71 bits per heavy atom. The second-order valence-electron chi connectivity index (χ2n) is 4.47. The van der Waals surface area contributed by atoms with Crippen molar-refractivity contribution in [2.45, 2.75) is 12.8 Å². The second-order valence-corrected chi connectivity index (χ2v) is 5.28. The SMILES string of the molecule is O=C(CCc1ccccc1)NC(=S)Nc1ccccc1Cl. The van der Waals surface area contributed by atoms with Gasteiger partial charge in [0.15, 0.2) is 5.11 Å². The van der Waals surface area contributed by atoms with Gasteiger partial charge in [-0.2, -0.15) is 0 Å². The molecule has 0 atom stereocenters. The number of halogens is 1. The van der Waals surface area contributed by atoms with Crippen molar-refractivity contribution < 1.29 is 4.79 Å². The van der Waals surface area contributed by atoms with Gasteiger partial charge in [-0.1, -0.05) is 54.1 Å². The maximum Gasteiger partial charge on any atom is 0.226 e. The number of carbonyl (C=O) groups excluding carboxylic acids is 1. The molecule has 5 heteroatoms. The van der Waals surface area contributed by atoms with Crippen LogP contribution in [-0.4, -0.2) is 11.0 Å². The molecule has 0 spiro atoms. The molecule has 108 valence electrons. The van der Waals surface area contributed by atoms with Crippen LogP contribution in [0.5, 0.6) is 0 Å². The molecular formula is C16H15ClN2OS. The summed E-state index contributed by atoms with van der Waals surface area (Å²) in [5.74, 6) is -0.122. The van der Waals surface area contributed by atoms with Crippen LogP contribution in [0.4, 0.5) is 5.69 Å². The van der Waals surface area contributed by atoms with Crippen molar-refractivity contribution in [3.8, 4) is 0 Å². The Kier molecular flexibility index (Phi) is 5.72. The number of rotatable bonds is 4. The Labute approximate surface area is 134 Å². The molecule has 2 rings (SSSR count). The molecule has 0 aromatic heterocycles. The largest absolute Gasteiger partial charge is 0.331 e. The predicted octanol–water partition coefficient (Wildman–Crippen LogP) is 3.79. The number of para-hydroxylation sites is 1. The van der Waals surface area contributed by atoms with Gasteiger partial charge < -0.3 is 10.6 Å². The first-order valence-corrected chi connectivity index (χ1v) is 7.33. The van der Waals surface area contributed by atoms with Crippen molar-refractivity contribution in [2.75, 3.05) is 5.32 Å². The Morgan fingerprint density at radius 1 is 1.05 bits per heavy atom. The van der Waals surface area contributed by atoms with Crippen molar-refractivity contribution in [3.63, 3.8) is 0 Å². The van der Waals surface area contributed by atoms with Gasteiger partial charge in [0.1, 0.15) is 0 Å². The zero-order valence-electron chi connectivity index (χ0n) is 11.3. The first-order chi connectivity index (χ1) is 10.1. The highest BCUT2D eigenvalue weighted by molar-refractivity contribution is 7.80. The van der Waals surface area contributed by atoms with Crippen LogP contribution in [0.15, 0.2) is 54.6 Å². The van der Waals surface area contributed by atoms with E-state index in [4.69, 9.17) is 23.8 Å². The lowest BCUT2D eigenvalue weighted by atomic mass is 10.1. The second kappa shape index (κ2) is 7.76. The number of hydrogen-bond acceptors (Lipinski definition) is 2. The summed E-state index contributed by atoms with van der Waals surface area (Å²) in [6.07, 6.45) is 1.07. The maximum absolute atomic E-state index is 11.8. The molecule has 2 aromatic carbocycles. The number of amides is 1. The van der Waals surface area contributed by atoms with E-state index in [1.165, 1.54) is 0 Å². The summed E-state index contributed by atoms with van der Waals surface area (Å²) >= 11 is 11.1. The van der Waals surface area contributed by atoms with E-state index in [-0.39, 0.29) is 11.0 Å². The third kappa shape index (κ3) is 5.17. The Balaban J connectivity index is 1.80. The lowest BCUT2D eigenvalue weighted by Crippen LogP contribution is -2.34. The topological polar surface area (TPSA) is 41.1 Å². The molecule has 2 N–H and O–H groups in total. The van der Waals surface area contributed by atoms with Crippen molar-refractivity contribution in [2.24, 2.45) is 0 Å². The van der Waals surface area contributed by atoms with Gasteiger partial charge in [0.2, 0.25) is 5.91 Å². The number of carbonyl (C=O) groups is 1. The van der Waals surface area contributed by atoms with Crippen LogP contribution in [0, 0.1) is 0 Å². The van der Waals surface area contributed by atoms with Gasteiger partial charge in [-0.05, 0) is 36.3 Å². The molecule has 21 heavy (non-hydrogen) atoms. The van der Waals surface area contributed by atoms with E-state index in [2.05, 4.69) is 10.6 Å². The molecule has 0 fully saturated rings. The molecule has 2 aromatic rings. The van der Waals surface area contributed by atoms with Crippen molar-refractivity contribution in [1.29, 1.82) is 0 Å². The van der Waals surface area contributed by atoms with Gasteiger partial charge in [-0.25, -0.2) is 0 Å². The number of aryl methyl sites for hydroxylation is 1. The monoisotopic (exact) mass is 318 g/mol. The molecule has 0 heterocycles. The zero-order valence-corrected chi connectivity index (χ0v) is 12.9. The highest BCUT2D eigenvalue weighted by atomic mass is 35.5. The minimum atomic E-state index is -0.122. The van der Waals surface area contributed by atoms with Crippen molar-refractivity contribution in [1.82, 2.24) is 5.32 Å². The summed E-state index contributed by atoms with van der Waals surface area (Å²) in [5, 5.41) is 6.36. The average molecular weight is 319 g/mol. The van der Waals surface area contributed by atoms with E-state index in [1.54, 1.807) is 12.1 Å². The molecule has 0 saturated carbocycles. The summed E-state index contributed by atoms with van der Waals surface area (Å²) in [6, 6.07) is 17.1. The van der Waals surface area contributed by atoms with Gasteiger partial charge in [0.25, 0.3) is 0 Å². The molecular weight excluding hydrogens is 304 g/mol. The first-order valence-electron chi connectivity index (χ1n) is 6.54. The van der Waals surface area contributed by atoms with Crippen LogP contribution in [0.3, 0.4) is 0 Å². The average Bonchev–Trinajstić information content (AvgIpc) is 2.48. The summed E-state index contributed by atoms with van der Waals surface area (Å²) in [4.78, 5) is 11.8. The van der Waals surface area contributed by atoms with Gasteiger partial charge >= 0.3 is 0 Å². The molecule has 0 aliphatic rings. The molecule has 0 radical (unpaired) electrons. The van der Waals surface area contributed by atoms with E-state index in [9.17, 15) is 4.79 Å². The Hall–Kier alpha value is -1.91. The number of benzene rings is 2. The summed E-state index contributed by atoms with van der Waals surface area (Å²) in [6.45, 7) is 0. The van der Waals surface area contributed by atoms with Crippen molar-refractivity contribution >= 4 is 40.5 Å². The number of hydrogen-bond donors (Lipinski definition) is 2. The highest BCUT2D eigenvalue weighted by Gasteiger charge is 2.06. The highest BCUT2D eigenvalue weighted by Crippen LogP contribution is 2.20. The van der Waals surface area contributed by atoms with Gasteiger partial charge in [-0.15, -0.1) is 0 Å². The van der Waals surface area contributed by atoms with Crippen LogP contribution in [0.1, 0.15) is 12.0 Å². The molecule has 0 aliphatic heterocycles. The number of anilines is 1. The fraction of sp³-hybridized carbons (Fsp3) is 0.125. The van der Waals surface area contributed by atoms with Crippen LogP contribution in [-0.2, 0) is 11.2 Å². The minimum absolute atomic E-state index is 0.122. The summed E-state index contributed by atoms with van der Waals surface area (Å²) in [5.41, 5.74) is 1.80. The van der Waals surface area contributed by atoms with Gasteiger partial charge in [-0.3, -0.25) is 4.79 Å². The Bertz CT molecular complexity index is 631. The molecule has 0 saturated heterocycles. The van der Waals surface area contributed by atoms with E-state index in [1.807, 2.05) is 42.5 Å². The van der Waals surface area contributed by atoms with Crippen LogP contribution in [0.2, 0.25) is 5.02 Å². The standard InChI is InChI=1S/C16H15ClN2OS/c17-13-8-4-5-9-14(13)18-16(21)19-15(20)11-10-12-6-2-1-3-7-12/h1-9H,10-11H2,(H2,18,19,20,21). The van der Waals surface area contributed by atoms with Crippen LogP contribution in [0.25, 0.3) is 0 Å². The van der Waals surface area contributed by atoms with E-state index in [0.717, 1.165) is 5.56 Å². The predicted molar refractivity (Wildman–Crippen MR) is 90.6 cm³/mol. The summed E-state index contributed by atoms with van der Waals surface area (Å²) in [7, 11) is 0.